The normalized spacial score (nSPS) is 18.6. The number of sulfone groups is 1. The molecule has 1 spiro atoms. The second-order valence-corrected chi connectivity index (χ2v) is 11.1. The Morgan fingerprint density at radius 3 is 2.52 bits per heavy atom. The zero-order valence-corrected chi connectivity index (χ0v) is 19.7. The summed E-state index contributed by atoms with van der Waals surface area (Å²) in [6.45, 7) is 4.69. The van der Waals surface area contributed by atoms with E-state index in [4.69, 9.17) is 14.5 Å². The third kappa shape index (κ3) is 3.33. The summed E-state index contributed by atoms with van der Waals surface area (Å²) in [4.78, 5) is 7.17. The highest BCUT2D eigenvalue weighted by Gasteiger charge is 2.40. The molecule has 0 saturated carbocycles. The first-order valence-electron chi connectivity index (χ1n) is 11.0. The molecule has 4 aromatic rings. The number of rotatable bonds is 4. The van der Waals surface area contributed by atoms with Crippen LogP contribution in [0.1, 0.15) is 25.3 Å². The fourth-order valence-electron chi connectivity index (χ4n) is 4.56. The minimum absolute atomic E-state index is 0.128. The van der Waals surface area contributed by atoms with E-state index in [1.54, 1.807) is 23.5 Å². The zero-order valence-electron chi connectivity index (χ0n) is 18.1. The van der Waals surface area contributed by atoms with Crippen molar-refractivity contribution >= 4 is 42.9 Å². The van der Waals surface area contributed by atoms with Gasteiger partial charge in [-0.25, -0.2) is 13.4 Å². The Morgan fingerprint density at radius 1 is 1.09 bits per heavy atom. The van der Waals surface area contributed by atoms with Crippen molar-refractivity contribution in [1.29, 1.82) is 0 Å². The second-order valence-electron chi connectivity index (χ2n) is 8.30. The summed E-state index contributed by atoms with van der Waals surface area (Å²) in [5.74, 6) is 0.257. The first-order valence-corrected chi connectivity index (χ1v) is 13.4. The van der Waals surface area contributed by atoms with E-state index in [2.05, 4.69) is 15.2 Å². The molecular formula is C22H23N5O4S2. The van der Waals surface area contributed by atoms with Crippen LogP contribution in [0.25, 0.3) is 15.9 Å². The van der Waals surface area contributed by atoms with Gasteiger partial charge in [-0.1, -0.05) is 24.3 Å². The summed E-state index contributed by atoms with van der Waals surface area (Å²) in [7, 11) is -3.88. The summed E-state index contributed by atoms with van der Waals surface area (Å²) in [6, 6.07) is 8.81. The number of hydrogen-bond acceptors (Lipinski definition) is 9. The van der Waals surface area contributed by atoms with Crippen LogP contribution in [0.4, 0.5) is 5.82 Å². The first-order chi connectivity index (χ1) is 16.0. The summed E-state index contributed by atoms with van der Waals surface area (Å²) in [5.41, 5.74) is 2.10. The number of aromatic nitrogens is 4. The molecule has 2 aliphatic rings. The van der Waals surface area contributed by atoms with Crippen molar-refractivity contribution in [3.63, 3.8) is 0 Å². The summed E-state index contributed by atoms with van der Waals surface area (Å²) in [6.07, 6.45) is 2.31. The number of thiophene rings is 1. The van der Waals surface area contributed by atoms with E-state index in [0.29, 0.717) is 26.3 Å². The van der Waals surface area contributed by atoms with Gasteiger partial charge in [0.25, 0.3) is 0 Å². The second kappa shape index (κ2) is 7.73. The number of aryl methyl sites for hydroxylation is 1. The van der Waals surface area contributed by atoms with Gasteiger partial charge >= 0.3 is 0 Å². The van der Waals surface area contributed by atoms with Crippen molar-refractivity contribution in [2.45, 2.75) is 41.9 Å². The molecule has 0 radical (unpaired) electrons. The monoisotopic (exact) mass is 485 g/mol. The lowest BCUT2D eigenvalue weighted by atomic mass is 10.0. The maximum absolute atomic E-state index is 13.4. The smallest absolute Gasteiger partial charge is 0.229 e. The maximum atomic E-state index is 13.4. The summed E-state index contributed by atoms with van der Waals surface area (Å²) < 4.78 is 41.1. The van der Waals surface area contributed by atoms with E-state index >= 15 is 0 Å². The van der Waals surface area contributed by atoms with Crippen molar-refractivity contribution < 1.29 is 17.9 Å². The molecule has 0 unspecified atom stereocenters. The van der Waals surface area contributed by atoms with Crippen molar-refractivity contribution in [1.82, 2.24) is 19.8 Å². The molecule has 6 rings (SSSR count). The maximum Gasteiger partial charge on any atom is 0.229 e. The van der Waals surface area contributed by atoms with E-state index in [0.717, 1.165) is 40.9 Å². The van der Waals surface area contributed by atoms with E-state index in [-0.39, 0.29) is 15.6 Å². The van der Waals surface area contributed by atoms with Gasteiger partial charge in [0.05, 0.1) is 28.3 Å². The molecule has 0 aliphatic carbocycles. The van der Waals surface area contributed by atoms with Crippen LogP contribution in [-0.2, 0) is 25.7 Å². The zero-order chi connectivity index (χ0) is 22.6. The number of piperidine rings is 1. The first kappa shape index (κ1) is 21.0. The Hall–Kier alpha value is -2.60. The van der Waals surface area contributed by atoms with Crippen molar-refractivity contribution in [2.75, 3.05) is 31.2 Å². The Labute approximate surface area is 194 Å². The largest absolute Gasteiger partial charge is 0.355 e. The SMILES string of the molecule is CCc1ccc(S(=O)(=O)c2nnn3c2nc(N2CCC4(CC2)OCCO4)c2sccc23)cc1. The number of anilines is 1. The van der Waals surface area contributed by atoms with E-state index < -0.39 is 15.6 Å². The van der Waals surface area contributed by atoms with Gasteiger partial charge in [0.1, 0.15) is 0 Å². The molecule has 2 saturated heterocycles. The van der Waals surface area contributed by atoms with Crippen molar-refractivity contribution in [3.8, 4) is 0 Å². The van der Waals surface area contributed by atoms with E-state index in [1.807, 2.05) is 30.5 Å². The molecule has 1 aromatic carbocycles. The van der Waals surface area contributed by atoms with Crippen LogP contribution in [0.3, 0.4) is 0 Å². The van der Waals surface area contributed by atoms with Gasteiger partial charge in [0.15, 0.2) is 17.3 Å². The highest BCUT2D eigenvalue weighted by atomic mass is 32.2. The minimum atomic E-state index is -3.88. The quantitative estimate of drug-likeness (QED) is 0.435. The Morgan fingerprint density at radius 2 is 1.82 bits per heavy atom. The molecule has 11 heteroatoms. The van der Waals surface area contributed by atoms with Crippen molar-refractivity contribution in [3.05, 3.63) is 41.3 Å². The van der Waals surface area contributed by atoms with E-state index in [1.165, 1.54) is 4.52 Å². The third-order valence-electron chi connectivity index (χ3n) is 6.44. The molecule has 0 atom stereocenters. The fraction of sp³-hybridized carbons (Fsp3) is 0.409. The molecule has 172 valence electrons. The lowest BCUT2D eigenvalue weighted by Gasteiger charge is -2.38. The molecule has 9 nitrogen and oxygen atoms in total. The lowest BCUT2D eigenvalue weighted by Crippen LogP contribution is -2.45. The number of ether oxygens (including phenoxy) is 2. The fourth-order valence-corrected chi connectivity index (χ4v) is 6.68. The average Bonchev–Trinajstić information content (AvgIpc) is 3.59. The molecule has 0 amide bonds. The molecule has 0 bridgehead atoms. The van der Waals surface area contributed by atoms with Crippen LogP contribution in [-0.4, -0.2) is 60.3 Å². The van der Waals surface area contributed by atoms with Crippen LogP contribution in [0, 0.1) is 0 Å². The highest BCUT2D eigenvalue weighted by Crippen LogP contribution is 2.37. The molecule has 5 heterocycles. The van der Waals surface area contributed by atoms with Gasteiger partial charge < -0.3 is 14.4 Å². The third-order valence-corrected chi connectivity index (χ3v) is 9.00. The number of fused-ring (bicyclic) bond motifs is 3. The Balaban J connectivity index is 1.44. The highest BCUT2D eigenvalue weighted by molar-refractivity contribution is 7.91. The van der Waals surface area contributed by atoms with Crippen molar-refractivity contribution in [2.24, 2.45) is 0 Å². The summed E-state index contributed by atoms with van der Waals surface area (Å²) >= 11 is 1.56. The van der Waals surface area contributed by atoms with Crippen LogP contribution in [0.5, 0.6) is 0 Å². The van der Waals surface area contributed by atoms with Crippen LogP contribution < -0.4 is 4.90 Å². The molecule has 2 aliphatic heterocycles. The molecular weight excluding hydrogens is 462 g/mol. The van der Waals surface area contributed by atoms with Gasteiger partial charge in [0, 0.05) is 25.9 Å². The van der Waals surface area contributed by atoms with Crippen LogP contribution >= 0.6 is 11.3 Å². The molecule has 0 N–H and O–H groups in total. The predicted molar refractivity (Wildman–Crippen MR) is 124 cm³/mol. The van der Waals surface area contributed by atoms with Gasteiger partial charge in [-0.3, -0.25) is 0 Å². The molecule has 2 fully saturated rings. The minimum Gasteiger partial charge on any atom is -0.355 e. The van der Waals surface area contributed by atoms with E-state index in [9.17, 15) is 8.42 Å². The Kier molecular flexibility index (Phi) is 4.91. The number of nitrogens with zero attached hydrogens (tertiary/aromatic N) is 5. The van der Waals surface area contributed by atoms with Gasteiger partial charge in [0.2, 0.25) is 14.9 Å². The average molecular weight is 486 g/mol. The molecule has 3 aromatic heterocycles. The van der Waals surface area contributed by atoms with Gasteiger partial charge in [-0.2, -0.15) is 4.52 Å². The predicted octanol–water partition coefficient (Wildman–Crippen LogP) is 3.08. The number of benzene rings is 1. The molecule has 33 heavy (non-hydrogen) atoms. The van der Waals surface area contributed by atoms with Gasteiger partial charge in [-0.15, -0.1) is 16.4 Å². The lowest BCUT2D eigenvalue weighted by molar-refractivity contribution is -0.169. The number of hydrogen-bond donors (Lipinski definition) is 0. The van der Waals surface area contributed by atoms with Gasteiger partial charge in [-0.05, 0) is 35.6 Å². The Bertz CT molecular complexity index is 1430. The van der Waals surface area contributed by atoms with Crippen LogP contribution in [0.15, 0.2) is 45.6 Å². The standard InChI is InChI=1S/C22H23N5O4S2/c1-2-15-3-5-16(6-4-15)33(28,29)21-20-23-19(18-17(7-14-32-18)27(20)25-24-21)26-10-8-22(9-11-26)30-12-13-31-22/h3-7,14H,2,8-13H2,1H3. The van der Waals surface area contributed by atoms with Crippen LogP contribution in [0.2, 0.25) is 0 Å². The topological polar surface area (TPSA) is 98.9 Å². The summed E-state index contributed by atoms with van der Waals surface area (Å²) in [5, 5.41) is 10.1.